The minimum absolute atomic E-state index is 0.000876. The summed E-state index contributed by atoms with van der Waals surface area (Å²) in [4.78, 5) is 14.7. The molecule has 3 aromatic rings. The molecule has 0 aliphatic carbocycles. The standard InChI is InChI=1S/C18H13ClF3NO3/c1-26-15-5-3-10(19)7-12(15)16-11-4-2-9(18(20,21)22)6-14(11)23-17(25)13(16)8-24/h2-7,24H,8H2,1H3,(H,23,25). The molecular formula is C18H13ClF3NO3. The highest BCUT2D eigenvalue weighted by atomic mass is 35.5. The number of nitrogens with one attached hydrogen (secondary N) is 1. The number of H-pyrrole nitrogens is 1. The third-order valence-electron chi connectivity index (χ3n) is 4.03. The van der Waals surface area contributed by atoms with Crippen LogP contribution in [0.2, 0.25) is 5.02 Å². The maximum Gasteiger partial charge on any atom is 0.416 e. The molecule has 0 aliphatic rings. The molecule has 8 heteroatoms. The van der Waals surface area contributed by atoms with Crippen molar-refractivity contribution < 1.29 is 23.0 Å². The molecule has 0 unspecified atom stereocenters. The fourth-order valence-electron chi connectivity index (χ4n) is 2.85. The van der Waals surface area contributed by atoms with E-state index in [1.54, 1.807) is 12.1 Å². The number of rotatable bonds is 3. The number of fused-ring (bicyclic) bond motifs is 1. The van der Waals surface area contributed by atoms with Crippen LogP contribution in [-0.2, 0) is 12.8 Å². The second-order valence-corrected chi connectivity index (χ2v) is 6.00. The quantitative estimate of drug-likeness (QED) is 0.706. The van der Waals surface area contributed by atoms with Crippen molar-refractivity contribution in [1.29, 1.82) is 0 Å². The number of alkyl halides is 3. The van der Waals surface area contributed by atoms with Crippen LogP contribution in [0.5, 0.6) is 5.75 Å². The lowest BCUT2D eigenvalue weighted by Gasteiger charge is -2.16. The van der Waals surface area contributed by atoms with Crippen molar-refractivity contribution in [3.8, 4) is 16.9 Å². The lowest BCUT2D eigenvalue weighted by molar-refractivity contribution is -0.137. The summed E-state index contributed by atoms with van der Waals surface area (Å²) in [5.41, 5.74) is -0.881. The summed E-state index contributed by atoms with van der Waals surface area (Å²) in [6, 6.07) is 7.73. The predicted octanol–water partition coefficient (Wildman–Crippen LogP) is 4.37. The first-order chi connectivity index (χ1) is 12.3. The molecule has 4 nitrogen and oxygen atoms in total. The van der Waals surface area contributed by atoms with Crippen LogP contribution in [-0.4, -0.2) is 17.2 Å². The molecule has 0 atom stereocenters. The third-order valence-corrected chi connectivity index (χ3v) is 4.26. The van der Waals surface area contributed by atoms with Gasteiger partial charge in [-0.3, -0.25) is 4.79 Å². The highest BCUT2D eigenvalue weighted by molar-refractivity contribution is 6.31. The van der Waals surface area contributed by atoms with Gasteiger partial charge in [-0.15, -0.1) is 0 Å². The van der Waals surface area contributed by atoms with E-state index in [2.05, 4.69) is 4.98 Å². The van der Waals surface area contributed by atoms with E-state index in [1.165, 1.54) is 19.2 Å². The number of aromatic amines is 1. The molecule has 136 valence electrons. The number of methoxy groups -OCH3 is 1. The van der Waals surface area contributed by atoms with Crippen LogP contribution in [0.3, 0.4) is 0 Å². The van der Waals surface area contributed by atoms with Crippen LogP contribution < -0.4 is 10.3 Å². The van der Waals surface area contributed by atoms with Crippen LogP contribution in [0.4, 0.5) is 13.2 Å². The Labute approximate surface area is 150 Å². The van der Waals surface area contributed by atoms with E-state index in [0.717, 1.165) is 12.1 Å². The zero-order valence-corrected chi connectivity index (χ0v) is 14.2. The molecule has 3 rings (SSSR count). The Morgan fingerprint density at radius 2 is 1.92 bits per heavy atom. The van der Waals surface area contributed by atoms with Crippen LogP contribution in [0.25, 0.3) is 22.0 Å². The van der Waals surface area contributed by atoms with Gasteiger partial charge in [-0.2, -0.15) is 13.2 Å². The van der Waals surface area contributed by atoms with Gasteiger partial charge < -0.3 is 14.8 Å². The summed E-state index contributed by atoms with van der Waals surface area (Å²) >= 11 is 6.04. The van der Waals surface area contributed by atoms with Gasteiger partial charge in [-0.05, 0) is 30.3 Å². The SMILES string of the molecule is COc1ccc(Cl)cc1-c1c(CO)c(=O)[nH]c2cc(C(F)(F)F)ccc12. The number of aliphatic hydroxyl groups is 1. The van der Waals surface area contributed by atoms with Crippen LogP contribution in [0.15, 0.2) is 41.2 Å². The number of ether oxygens (including phenoxy) is 1. The Morgan fingerprint density at radius 3 is 2.54 bits per heavy atom. The lowest BCUT2D eigenvalue weighted by Crippen LogP contribution is -2.15. The molecule has 0 saturated carbocycles. The molecule has 1 aromatic heterocycles. The van der Waals surface area contributed by atoms with Crippen molar-refractivity contribution in [3.63, 3.8) is 0 Å². The lowest BCUT2D eigenvalue weighted by atomic mass is 9.95. The second-order valence-electron chi connectivity index (χ2n) is 5.57. The van der Waals surface area contributed by atoms with E-state index in [1.807, 2.05) is 0 Å². The second kappa shape index (κ2) is 6.66. The molecule has 0 bridgehead atoms. The predicted molar refractivity (Wildman–Crippen MR) is 92.5 cm³/mol. The van der Waals surface area contributed by atoms with Gasteiger partial charge in [0, 0.05) is 27.1 Å². The number of pyridine rings is 1. The zero-order chi connectivity index (χ0) is 19.1. The molecule has 0 aliphatic heterocycles. The van der Waals surface area contributed by atoms with Crippen LogP contribution >= 0.6 is 11.6 Å². The fourth-order valence-corrected chi connectivity index (χ4v) is 3.02. The van der Waals surface area contributed by atoms with Gasteiger partial charge in [0.15, 0.2) is 0 Å². The Kier molecular flexibility index (Phi) is 4.68. The summed E-state index contributed by atoms with van der Waals surface area (Å²) in [5.74, 6) is 0.371. The van der Waals surface area contributed by atoms with E-state index >= 15 is 0 Å². The molecule has 0 amide bonds. The van der Waals surface area contributed by atoms with Gasteiger partial charge in [0.05, 0.1) is 24.8 Å². The molecule has 0 radical (unpaired) electrons. The van der Waals surface area contributed by atoms with Gasteiger partial charge in [-0.1, -0.05) is 17.7 Å². The summed E-state index contributed by atoms with van der Waals surface area (Å²) in [7, 11) is 1.42. The average Bonchev–Trinajstić information content (AvgIpc) is 2.59. The molecular weight excluding hydrogens is 371 g/mol. The topological polar surface area (TPSA) is 62.3 Å². The summed E-state index contributed by atoms with van der Waals surface area (Å²) in [6.45, 7) is -0.600. The summed E-state index contributed by atoms with van der Waals surface area (Å²) in [6.07, 6.45) is -4.55. The van der Waals surface area contributed by atoms with E-state index in [0.29, 0.717) is 21.7 Å². The normalized spacial score (nSPS) is 11.8. The van der Waals surface area contributed by atoms with Crippen molar-refractivity contribution in [3.05, 3.63) is 62.9 Å². The first-order valence-corrected chi connectivity index (χ1v) is 7.85. The number of benzene rings is 2. The minimum atomic E-state index is -4.55. The number of hydrogen-bond donors (Lipinski definition) is 2. The highest BCUT2D eigenvalue weighted by Gasteiger charge is 2.31. The van der Waals surface area contributed by atoms with Gasteiger partial charge in [0.25, 0.3) is 5.56 Å². The molecule has 1 heterocycles. The average molecular weight is 384 g/mol. The molecule has 2 aromatic carbocycles. The first kappa shape index (κ1) is 18.3. The number of halogens is 4. The Morgan fingerprint density at radius 1 is 1.19 bits per heavy atom. The van der Waals surface area contributed by atoms with Gasteiger partial charge in [0.1, 0.15) is 5.75 Å². The largest absolute Gasteiger partial charge is 0.496 e. The summed E-state index contributed by atoms with van der Waals surface area (Å²) in [5, 5.41) is 10.4. The smallest absolute Gasteiger partial charge is 0.416 e. The Hall–Kier alpha value is -2.51. The van der Waals surface area contributed by atoms with Crippen molar-refractivity contribution in [1.82, 2.24) is 4.98 Å². The third kappa shape index (κ3) is 3.15. The van der Waals surface area contributed by atoms with E-state index in [4.69, 9.17) is 16.3 Å². The van der Waals surface area contributed by atoms with Crippen molar-refractivity contribution in [2.24, 2.45) is 0 Å². The maximum atomic E-state index is 13.0. The highest BCUT2D eigenvalue weighted by Crippen LogP contribution is 2.39. The number of aliphatic hydroxyl groups excluding tert-OH is 1. The maximum absolute atomic E-state index is 13.0. The fraction of sp³-hybridized carbons (Fsp3) is 0.167. The Bertz CT molecular complexity index is 1040. The van der Waals surface area contributed by atoms with E-state index < -0.39 is 23.9 Å². The van der Waals surface area contributed by atoms with Crippen LogP contribution in [0.1, 0.15) is 11.1 Å². The zero-order valence-electron chi connectivity index (χ0n) is 13.4. The molecule has 0 saturated heterocycles. The monoisotopic (exact) mass is 383 g/mol. The van der Waals surface area contributed by atoms with Crippen LogP contribution in [0, 0.1) is 0 Å². The van der Waals surface area contributed by atoms with Crippen molar-refractivity contribution >= 4 is 22.5 Å². The molecule has 26 heavy (non-hydrogen) atoms. The molecule has 2 N–H and O–H groups in total. The number of aromatic nitrogens is 1. The molecule has 0 fully saturated rings. The first-order valence-electron chi connectivity index (χ1n) is 7.47. The van der Waals surface area contributed by atoms with Crippen molar-refractivity contribution in [2.45, 2.75) is 12.8 Å². The van der Waals surface area contributed by atoms with Gasteiger partial charge >= 0.3 is 6.18 Å². The minimum Gasteiger partial charge on any atom is -0.496 e. The van der Waals surface area contributed by atoms with Gasteiger partial charge in [-0.25, -0.2) is 0 Å². The van der Waals surface area contributed by atoms with Crippen molar-refractivity contribution in [2.75, 3.05) is 7.11 Å². The van der Waals surface area contributed by atoms with E-state index in [-0.39, 0.29) is 16.6 Å². The Balaban J connectivity index is 2.44. The van der Waals surface area contributed by atoms with Gasteiger partial charge in [0.2, 0.25) is 0 Å². The summed E-state index contributed by atoms with van der Waals surface area (Å²) < 4.78 is 44.3. The number of hydrogen-bond acceptors (Lipinski definition) is 3. The van der Waals surface area contributed by atoms with E-state index in [9.17, 15) is 23.1 Å². The molecule has 0 spiro atoms.